The van der Waals surface area contributed by atoms with Gasteiger partial charge in [0.1, 0.15) is 18.0 Å². The summed E-state index contributed by atoms with van der Waals surface area (Å²) in [5.41, 5.74) is 1.37. The summed E-state index contributed by atoms with van der Waals surface area (Å²) in [5.74, 6) is 0.434. The Kier molecular flexibility index (Phi) is 7.11. The molecule has 0 aliphatic rings. The van der Waals surface area contributed by atoms with Crippen LogP contribution in [0.5, 0.6) is 11.5 Å². The summed E-state index contributed by atoms with van der Waals surface area (Å²) in [5, 5.41) is 2.79. The number of amides is 1. The molecule has 6 nitrogen and oxygen atoms in total. The van der Waals surface area contributed by atoms with Gasteiger partial charge in [0.2, 0.25) is 5.91 Å². The van der Waals surface area contributed by atoms with Gasteiger partial charge >= 0.3 is 6.18 Å². The Morgan fingerprint density at radius 2 is 1.87 bits per heavy atom. The molecule has 2 aromatic carbocycles. The Labute approximate surface area is 181 Å². The minimum atomic E-state index is -4.43. The zero-order valence-electron chi connectivity index (χ0n) is 16.8. The first kappa shape index (κ1) is 22.5. The lowest BCUT2D eigenvalue weighted by Crippen LogP contribution is -2.20. The highest BCUT2D eigenvalue weighted by Crippen LogP contribution is 2.31. The van der Waals surface area contributed by atoms with Crippen LogP contribution in [0.1, 0.15) is 0 Å². The van der Waals surface area contributed by atoms with E-state index in [1.54, 1.807) is 48.5 Å². The SMILES string of the molecule is COc1ccc(NC(=O)CSc2ncc(-c3ccccc3)n2CC(F)(F)F)c(OC)c1. The minimum Gasteiger partial charge on any atom is -0.497 e. The number of hydrogen-bond acceptors (Lipinski definition) is 5. The molecule has 1 amide bonds. The van der Waals surface area contributed by atoms with Crippen LogP contribution in [0.2, 0.25) is 0 Å². The minimum absolute atomic E-state index is 0.105. The Morgan fingerprint density at radius 3 is 2.52 bits per heavy atom. The van der Waals surface area contributed by atoms with Gasteiger partial charge in [-0.3, -0.25) is 4.79 Å². The smallest absolute Gasteiger partial charge is 0.406 e. The van der Waals surface area contributed by atoms with Crippen LogP contribution >= 0.6 is 11.8 Å². The van der Waals surface area contributed by atoms with Crippen LogP contribution in [0, 0.1) is 0 Å². The number of halogens is 3. The molecule has 10 heteroatoms. The van der Waals surface area contributed by atoms with Crippen molar-refractivity contribution >= 4 is 23.4 Å². The monoisotopic (exact) mass is 451 g/mol. The maximum absolute atomic E-state index is 13.2. The Hall–Kier alpha value is -3.14. The summed E-state index contributed by atoms with van der Waals surface area (Å²) in [6.07, 6.45) is -3.05. The van der Waals surface area contributed by atoms with Crippen LogP contribution in [0.15, 0.2) is 59.9 Å². The second-order valence-corrected chi connectivity index (χ2v) is 7.34. The molecular formula is C21H20F3N3O3S. The third-order valence-electron chi connectivity index (χ3n) is 4.24. The van der Waals surface area contributed by atoms with Crippen LogP contribution in [0.4, 0.5) is 18.9 Å². The van der Waals surface area contributed by atoms with Crippen LogP contribution < -0.4 is 14.8 Å². The average Bonchev–Trinajstić information content (AvgIpc) is 3.13. The number of methoxy groups -OCH3 is 2. The highest BCUT2D eigenvalue weighted by molar-refractivity contribution is 7.99. The average molecular weight is 451 g/mol. The molecular weight excluding hydrogens is 431 g/mol. The lowest BCUT2D eigenvalue weighted by molar-refractivity contribution is -0.141. The number of imidazole rings is 1. The molecule has 0 bridgehead atoms. The highest BCUT2D eigenvalue weighted by atomic mass is 32.2. The van der Waals surface area contributed by atoms with Crippen molar-refractivity contribution in [3.63, 3.8) is 0 Å². The van der Waals surface area contributed by atoms with Crippen molar-refractivity contribution in [1.29, 1.82) is 0 Å². The lowest BCUT2D eigenvalue weighted by Gasteiger charge is -2.14. The maximum Gasteiger partial charge on any atom is 0.406 e. The number of ether oxygens (including phenoxy) is 2. The van der Waals surface area contributed by atoms with Gasteiger partial charge in [-0.25, -0.2) is 4.98 Å². The molecule has 0 aliphatic carbocycles. The van der Waals surface area contributed by atoms with E-state index in [0.29, 0.717) is 28.4 Å². The van der Waals surface area contributed by atoms with Gasteiger partial charge in [-0.15, -0.1) is 0 Å². The van der Waals surface area contributed by atoms with E-state index in [4.69, 9.17) is 9.47 Å². The molecule has 3 rings (SSSR count). The molecule has 1 heterocycles. The van der Waals surface area contributed by atoms with E-state index in [1.807, 2.05) is 0 Å². The highest BCUT2D eigenvalue weighted by Gasteiger charge is 2.31. The zero-order valence-corrected chi connectivity index (χ0v) is 17.6. The van der Waals surface area contributed by atoms with E-state index >= 15 is 0 Å². The third kappa shape index (κ3) is 5.94. The Bertz CT molecular complexity index is 1040. The summed E-state index contributed by atoms with van der Waals surface area (Å²) >= 11 is 0.926. The van der Waals surface area contributed by atoms with Crippen molar-refractivity contribution in [2.24, 2.45) is 0 Å². The molecule has 0 atom stereocenters. The zero-order chi connectivity index (χ0) is 22.4. The van der Waals surface area contributed by atoms with Crippen molar-refractivity contribution < 1.29 is 27.4 Å². The number of carbonyl (C=O) groups excluding carboxylic acids is 1. The van der Waals surface area contributed by atoms with Crippen LogP contribution in [0.25, 0.3) is 11.3 Å². The number of nitrogens with one attached hydrogen (secondary N) is 1. The molecule has 0 radical (unpaired) electrons. The summed E-state index contributed by atoms with van der Waals surface area (Å²) in [7, 11) is 2.97. The largest absolute Gasteiger partial charge is 0.497 e. The van der Waals surface area contributed by atoms with Gasteiger partial charge in [0.05, 0.1) is 37.6 Å². The number of aromatic nitrogens is 2. The molecule has 0 fully saturated rings. The fourth-order valence-electron chi connectivity index (χ4n) is 2.86. The number of hydrogen-bond donors (Lipinski definition) is 1. The number of rotatable bonds is 8. The van der Waals surface area contributed by atoms with E-state index in [1.165, 1.54) is 20.4 Å². The summed E-state index contributed by atoms with van der Waals surface area (Å²) in [6.45, 7) is -1.20. The van der Waals surface area contributed by atoms with Gasteiger partial charge in [0.15, 0.2) is 5.16 Å². The van der Waals surface area contributed by atoms with Crippen molar-refractivity contribution in [2.45, 2.75) is 17.9 Å². The summed E-state index contributed by atoms with van der Waals surface area (Å²) in [6, 6.07) is 13.6. The summed E-state index contributed by atoms with van der Waals surface area (Å²) in [4.78, 5) is 16.5. The molecule has 0 aliphatic heterocycles. The first-order valence-electron chi connectivity index (χ1n) is 9.13. The fourth-order valence-corrected chi connectivity index (χ4v) is 3.64. The maximum atomic E-state index is 13.2. The van der Waals surface area contributed by atoms with E-state index < -0.39 is 18.6 Å². The van der Waals surface area contributed by atoms with Crippen LogP contribution in [-0.2, 0) is 11.3 Å². The van der Waals surface area contributed by atoms with Crippen LogP contribution in [0.3, 0.4) is 0 Å². The quantitative estimate of drug-likeness (QED) is 0.496. The molecule has 3 aromatic rings. The van der Waals surface area contributed by atoms with Crippen molar-refractivity contribution in [3.8, 4) is 22.8 Å². The predicted octanol–water partition coefficient (Wildman–Crippen LogP) is 4.86. The molecule has 0 saturated heterocycles. The van der Waals surface area contributed by atoms with Gasteiger partial charge in [0.25, 0.3) is 0 Å². The van der Waals surface area contributed by atoms with E-state index in [0.717, 1.165) is 16.3 Å². The molecule has 31 heavy (non-hydrogen) atoms. The topological polar surface area (TPSA) is 65.4 Å². The standard InChI is InChI=1S/C21H20F3N3O3S/c1-29-15-8-9-16(18(10-15)30-2)26-19(28)12-31-20-25-11-17(14-6-4-3-5-7-14)27(20)13-21(22,23)24/h3-11H,12-13H2,1-2H3,(H,26,28). The predicted molar refractivity (Wildman–Crippen MR) is 113 cm³/mol. The normalized spacial score (nSPS) is 11.3. The number of benzene rings is 2. The third-order valence-corrected chi connectivity index (χ3v) is 5.23. The molecule has 1 aromatic heterocycles. The summed E-state index contributed by atoms with van der Waals surface area (Å²) < 4.78 is 50.9. The van der Waals surface area contributed by atoms with E-state index in [-0.39, 0.29) is 10.9 Å². The number of carbonyl (C=O) groups is 1. The van der Waals surface area contributed by atoms with Gasteiger partial charge in [-0.1, -0.05) is 42.1 Å². The number of anilines is 1. The van der Waals surface area contributed by atoms with E-state index in [2.05, 4.69) is 10.3 Å². The number of thioether (sulfide) groups is 1. The van der Waals surface area contributed by atoms with Gasteiger partial charge in [0, 0.05) is 6.07 Å². The Morgan fingerprint density at radius 1 is 1.13 bits per heavy atom. The fraction of sp³-hybridized carbons (Fsp3) is 0.238. The van der Waals surface area contributed by atoms with Gasteiger partial charge < -0.3 is 19.4 Å². The lowest BCUT2D eigenvalue weighted by atomic mass is 10.2. The molecule has 0 saturated carbocycles. The molecule has 0 spiro atoms. The number of nitrogens with zero attached hydrogens (tertiary/aromatic N) is 2. The number of alkyl halides is 3. The second-order valence-electron chi connectivity index (χ2n) is 6.40. The van der Waals surface area contributed by atoms with Crippen LogP contribution in [-0.4, -0.2) is 41.6 Å². The van der Waals surface area contributed by atoms with Crippen molar-refractivity contribution in [3.05, 3.63) is 54.7 Å². The van der Waals surface area contributed by atoms with Gasteiger partial charge in [-0.2, -0.15) is 13.2 Å². The Balaban J connectivity index is 1.75. The molecule has 1 N–H and O–H groups in total. The van der Waals surface area contributed by atoms with E-state index in [9.17, 15) is 18.0 Å². The van der Waals surface area contributed by atoms with Crippen molar-refractivity contribution in [1.82, 2.24) is 9.55 Å². The first-order chi connectivity index (χ1) is 14.8. The second kappa shape index (κ2) is 9.78. The van der Waals surface area contributed by atoms with Gasteiger partial charge in [-0.05, 0) is 17.7 Å². The molecule has 164 valence electrons. The first-order valence-corrected chi connectivity index (χ1v) is 10.1. The molecule has 0 unspecified atom stereocenters. The van der Waals surface area contributed by atoms with Crippen molar-refractivity contribution in [2.75, 3.05) is 25.3 Å².